The van der Waals surface area contributed by atoms with Crippen molar-refractivity contribution < 1.29 is 4.79 Å². The fourth-order valence-corrected chi connectivity index (χ4v) is 3.67. The summed E-state index contributed by atoms with van der Waals surface area (Å²) in [5.41, 5.74) is 1.80. The van der Waals surface area contributed by atoms with Crippen LogP contribution in [-0.2, 0) is 6.42 Å². The molecule has 7 heteroatoms. The molecule has 0 aromatic carbocycles. The Labute approximate surface area is 155 Å². The average molecular weight is 358 g/mol. The van der Waals surface area contributed by atoms with Gasteiger partial charge >= 0.3 is 6.03 Å². The maximum Gasteiger partial charge on any atom is 0.322 e. The van der Waals surface area contributed by atoms with Gasteiger partial charge in [0, 0.05) is 37.9 Å². The topological polar surface area (TPSA) is 68.0 Å². The van der Waals surface area contributed by atoms with Gasteiger partial charge in [-0.05, 0) is 33.1 Å². The van der Waals surface area contributed by atoms with E-state index >= 15 is 0 Å². The number of piperidine rings is 1. The fraction of sp³-hybridized carbons (Fsp3) is 0.632. The van der Waals surface area contributed by atoms with E-state index < -0.39 is 0 Å². The first-order valence-electron chi connectivity index (χ1n) is 9.66. The van der Waals surface area contributed by atoms with Crippen molar-refractivity contribution >= 4 is 11.7 Å². The molecular weight excluding hydrogens is 328 g/mol. The molecule has 2 aromatic rings. The molecule has 0 aliphatic carbocycles. The quantitative estimate of drug-likeness (QED) is 0.884. The summed E-state index contributed by atoms with van der Waals surface area (Å²) in [6, 6.07) is 0.587. The van der Waals surface area contributed by atoms with Crippen molar-refractivity contribution in [3.8, 4) is 0 Å². The number of hydrogen-bond donors (Lipinski definition) is 1. The molecule has 2 amide bonds. The number of amides is 2. The van der Waals surface area contributed by atoms with Gasteiger partial charge in [-0.3, -0.25) is 4.68 Å². The lowest BCUT2D eigenvalue weighted by atomic mass is 10.1. The lowest BCUT2D eigenvalue weighted by molar-refractivity contribution is 0.178. The van der Waals surface area contributed by atoms with E-state index in [0.29, 0.717) is 18.6 Å². The summed E-state index contributed by atoms with van der Waals surface area (Å²) in [6.45, 7) is 9.90. The normalized spacial score (nSPS) is 18.8. The molecule has 3 heterocycles. The van der Waals surface area contributed by atoms with Crippen LogP contribution in [-0.4, -0.2) is 43.4 Å². The third kappa shape index (κ3) is 3.61. The van der Waals surface area contributed by atoms with Crippen molar-refractivity contribution in [2.24, 2.45) is 0 Å². The number of hydrogen-bond acceptors (Lipinski definition) is 3. The van der Waals surface area contributed by atoms with Gasteiger partial charge in [-0.2, -0.15) is 5.10 Å². The molecule has 1 aliphatic rings. The highest BCUT2D eigenvalue weighted by Gasteiger charge is 2.26. The summed E-state index contributed by atoms with van der Waals surface area (Å²) in [5.74, 6) is 1.09. The van der Waals surface area contributed by atoms with Crippen molar-refractivity contribution in [2.45, 2.75) is 65.5 Å². The summed E-state index contributed by atoms with van der Waals surface area (Å²) < 4.78 is 4.21. The average Bonchev–Trinajstić information content (AvgIpc) is 3.28. The van der Waals surface area contributed by atoms with Crippen LogP contribution < -0.4 is 5.32 Å². The highest BCUT2D eigenvalue weighted by Crippen LogP contribution is 2.25. The van der Waals surface area contributed by atoms with Gasteiger partial charge in [0.1, 0.15) is 5.82 Å². The Morgan fingerprint density at radius 3 is 2.96 bits per heavy atom. The number of carbonyl (C=O) groups excluding carboxylic acids is 1. The molecule has 1 saturated heterocycles. The second-order valence-corrected chi connectivity index (χ2v) is 7.12. The Kier molecular flexibility index (Phi) is 5.64. The van der Waals surface area contributed by atoms with Gasteiger partial charge < -0.3 is 14.8 Å². The maximum atomic E-state index is 12.8. The van der Waals surface area contributed by atoms with E-state index in [2.05, 4.69) is 40.7 Å². The number of aromatic nitrogens is 4. The smallest absolute Gasteiger partial charge is 0.322 e. The lowest BCUT2D eigenvalue weighted by Crippen LogP contribution is -2.43. The van der Waals surface area contributed by atoms with E-state index in [1.165, 1.54) is 0 Å². The molecule has 26 heavy (non-hydrogen) atoms. The molecule has 0 saturated carbocycles. The fourth-order valence-electron chi connectivity index (χ4n) is 3.67. The number of imidazole rings is 1. The molecule has 142 valence electrons. The van der Waals surface area contributed by atoms with Crippen molar-refractivity contribution in [3.05, 3.63) is 30.1 Å². The molecule has 0 spiro atoms. The summed E-state index contributed by atoms with van der Waals surface area (Å²) >= 11 is 0. The van der Waals surface area contributed by atoms with Gasteiger partial charge in [-0.25, -0.2) is 9.78 Å². The monoisotopic (exact) mass is 358 g/mol. The van der Waals surface area contributed by atoms with Crippen LogP contribution in [0, 0.1) is 6.92 Å². The summed E-state index contributed by atoms with van der Waals surface area (Å²) in [6.07, 6.45) is 9.64. The second-order valence-electron chi connectivity index (χ2n) is 7.12. The Hall–Kier alpha value is -2.31. The molecule has 0 radical (unpaired) electrons. The molecular formula is C19H30N6O. The number of urea groups is 1. The summed E-state index contributed by atoms with van der Waals surface area (Å²) in [4.78, 5) is 19.1. The van der Waals surface area contributed by atoms with E-state index in [4.69, 9.17) is 0 Å². The van der Waals surface area contributed by atoms with Crippen LogP contribution in [0.3, 0.4) is 0 Å². The first-order chi connectivity index (χ1) is 12.5. The van der Waals surface area contributed by atoms with E-state index in [0.717, 1.165) is 49.4 Å². The minimum Gasteiger partial charge on any atom is -0.330 e. The number of nitrogens with zero attached hydrogens (tertiary/aromatic N) is 5. The SMILES string of the molecule is CCc1nccn1C1CCCN(C(=O)Nc2cnn(C(C)CC)c2C)C1. The molecule has 2 atom stereocenters. The van der Waals surface area contributed by atoms with Crippen LogP contribution in [0.4, 0.5) is 10.5 Å². The van der Waals surface area contributed by atoms with E-state index in [1.807, 2.05) is 28.9 Å². The van der Waals surface area contributed by atoms with Crippen LogP contribution in [0.15, 0.2) is 18.6 Å². The van der Waals surface area contributed by atoms with Gasteiger partial charge in [0.05, 0.1) is 23.6 Å². The van der Waals surface area contributed by atoms with Crippen molar-refractivity contribution in [1.29, 1.82) is 0 Å². The van der Waals surface area contributed by atoms with E-state index in [-0.39, 0.29) is 6.03 Å². The zero-order chi connectivity index (χ0) is 18.7. The molecule has 3 rings (SSSR count). The first kappa shape index (κ1) is 18.5. The minimum absolute atomic E-state index is 0.0420. The number of anilines is 1. The predicted molar refractivity (Wildman–Crippen MR) is 102 cm³/mol. The van der Waals surface area contributed by atoms with E-state index in [9.17, 15) is 4.79 Å². The number of nitrogens with one attached hydrogen (secondary N) is 1. The van der Waals surface area contributed by atoms with Crippen LogP contribution in [0.25, 0.3) is 0 Å². The van der Waals surface area contributed by atoms with Crippen molar-refractivity contribution in [3.63, 3.8) is 0 Å². The number of rotatable bonds is 5. The van der Waals surface area contributed by atoms with Crippen LogP contribution >= 0.6 is 0 Å². The molecule has 0 bridgehead atoms. The third-order valence-corrected chi connectivity index (χ3v) is 5.44. The Morgan fingerprint density at radius 1 is 1.42 bits per heavy atom. The van der Waals surface area contributed by atoms with Gasteiger partial charge in [0.15, 0.2) is 0 Å². The third-order valence-electron chi connectivity index (χ3n) is 5.44. The Balaban J connectivity index is 1.67. The van der Waals surface area contributed by atoms with Gasteiger partial charge in [-0.1, -0.05) is 13.8 Å². The predicted octanol–water partition coefficient (Wildman–Crippen LogP) is 3.79. The maximum absolute atomic E-state index is 12.8. The Morgan fingerprint density at radius 2 is 2.23 bits per heavy atom. The highest BCUT2D eigenvalue weighted by atomic mass is 16.2. The second kappa shape index (κ2) is 7.93. The highest BCUT2D eigenvalue weighted by molar-refractivity contribution is 5.89. The van der Waals surface area contributed by atoms with Crippen molar-refractivity contribution in [2.75, 3.05) is 18.4 Å². The van der Waals surface area contributed by atoms with E-state index in [1.54, 1.807) is 6.20 Å². The molecule has 1 N–H and O–H groups in total. The molecule has 2 aromatic heterocycles. The molecule has 1 fully saturated rings. The molecule has 7 nitrogen and oxygen atoms in total. The summed E-state index contributed by atoms with van der Waals surface area (Å²) in [5, 5.41) is 7.49. The largest absolute Gasteiger partial charge is 0.330 e. The molecule has 1 aliphatic heterocycles. The number of aryl methyl sites for hydroxylation is 1. The minimum atomic E-state index is -0.0420. The van der Waals surface area contributed by atoms with Crippen LogP contribution in [0.5, 0.6) is 0 Å². The first-order valence-corrected chi connectivity index (χ1v) is 9.66. The molecule has 2 unspecified atom stereocenters. The standard InChI is InChI=1S/C19H30N6O/c1-5-14(3)25-15(4)17(12-21-25)22-19(26)23-10-7-8-16(13-23)24-11-9-20-18(24)6-2/h9,11-12,14,16H,5-8,10,13H2,1-4H3,(H,22,26). The zero-order valence-corrected chi connectivity index (χ0v) is 16.3. The van der Waals surface area contributed by atoms with Gasteiger partial charge in [0.2, 0.25) is 0 Å². The number of carbonyl (C=O) groups is 1. The Bertz CT molecular complexity index is 749. The van der Waals surface area contributed by atoms with Gasteiger partial charge in [0.25, 0.3) is 0 Å². The lowest BCUT2D eigenvalue weighted by Gasteiger charge is -2.34. The van der Waals surface area contributed by atoms with Crippen molar-refractivity contribution in [1.82, 2.24) is 24.2 Å². The summed E-state index contributed by atoms with van der Waals surface area (Å²) in [7, 11) is 0. The zero-order valence-electron chi connectivity index (χ0n) is 16.3. The van der Waals surface area contributed by atoms with Crippen LogP contribution in [0.2, 0.25) is 0 Å². The van der Waals surface area contributed by atoms with Gasteiger partial charge in [-0.15, -0.1) is 0 Å². The van der Waals surface area contributed by atoms with Crippen LogP contribution in [0.1, 0.15) is 63.6 Å². The number of likely N-dealkylation sites (tertiary alicyclic amines) is 1.